The summed E-state index contributed by atoms with van der Waals surface area (Å²) >= 11 is 7.25. The van der Waals surface area contributed by atoms with Gasteiger partial charge in [-0.25, -0.2) is 5.01 Å². The maximum Gasteiger partial charge on any atom is 0.282 e. The average Bonchev–Trinajstić information content (AvgIpc) is 3.47. The zero-order chi connectivity index (χ0) is 25.9. The number of nitro groups is 2. The lowest BCUT2D eigenvalue weighted by atomic mass is 9.81. The van der Waals surface area contributed by atoms with Crippen molar-refractivity contribution >= 4 is 61.0 Å². The molecule has 1 saturated heterocycles. The number of rotatable bonds is 6. The standard InChI is InChI=1S/C23H18Br2N4O7/c24-19-14-9-15(20(19)25)18-17(14)22(31)27(23(18)32)26(10-11-5-7-12(8-6-11)28(33)34)21(30)13-3-1-2-4-16(13)29(35)36/h1-8,14-15,17-20H,9-10H2/t14-,15-,17-,18+,19-,20+/m1/s1. The molecule has 6 atom stereocenters. The summed E-state index contributed by atoms with van der Waals surface area (Å²) in [4.78, 5) is 62.3. The molecule has 0 unspecified atom stereocenters. The number of para-hydroxylation sites is 1. The van der Waals surface area contributed by atoms with Crippen LogP contribution in [0.5, 0.6) is 0 Å². The van der Waals surface area contributed by atoms with Gasteiger partial charge >= 0.3 is 0 Å². The first-order valence-corrected chi connectivity index (χ1v) is 12.9. The lowest BCUT2D eigenvalue weighted by Gasteiger charge is -2.31. The molecule has 36 heavy (non-hydrogen) atoms. The van der Waals surface area contributed by atoms with E-state index in [1.165, 1.54) is 48.5 Å². The van der Waals surface area contributed by atoms with Crippen molar-refractivity contribution in [1.82, 2.24) is 10.0 Å². The van der Waals surface area contributed by atoms with E-state index >= 15 is 0 Å². The maximum absolute atomic E-state index is 13.7. The number of non-ortho nitro benzene ring substituents is 1. The summed E-state index contributed by atoms with van der Waals surface area (Å²) in [5, 5.41) is 24.4. The van der Waals surface area contributed by atoms with Crippen molar-refractivity contribution in [2.24, 2.45) is 23.7 Å². The van der Waals surface area contributed by atoms with Gasteiger partial charge in [0.2, 0.25) is 0 Å². The Morgan fingerprint density at radius 1 is 0.917 bits per heavy atom. The fourth-order valence-electron chi connectivity index (χ4n) is 5.65. The topological polar surface area (TPSA) is 144 Å². The molecule has 0 radical (unpaired) electrons. The Labute approximate surface area is 221 Å². The van der Waals surface area contributed by atoms with Crippen LogP contribution < -0.4 is 0 Å². The minimum Gasteiger partial charge on any atom is -0.272 e. The maximum atomic E-state index is 13.7. The van der Waals surface area contributed by atoms with E-state index in [9.17, 15) is 34.6 Å². The van der Waals surface area contributed by atoms with Gasteiger partial charge in [0.25, 0.3) is 29.1 Å². The third-order valence-corrected chi connectivity index (χ3v) is 10.5. The van der Waals surface area contributed by atoms with Crippen molar-refractivity contribution < 1.29 is 24.2 Å². The van der Waals surface area contributed by atoms with Gasteiger partial charge in [0.15, 0.2) is 0 Å². The lowest BCUT2D eigenvalue weighted by molar-refractivity contribution is -0.385. The SMILES string of the molecule is O=C(c1ccccc1[N+](=O)[O-])N(Cc1ccc([N+](=O)[O-])cc1)N1C(=O)[C@@H]2[C@H]3C[C@@H]([C@H](Br)[C@@H]3Br)[C@@H]2C1=O. The molecule has 1 aliphatic heterocycles. The third kappa shape index (κ3) is 3.72. The highest BCUT2D eigenvalue weighted by atomic mass is 79.9. The van der Waals surface area contributed by atoms with Crippen LogP contribution in [0.3, 0.4) is 0 Å². The quantitative estimate of drug-likeness (QED) is 0.206. The van der Waals surface area contributed by atoms with Gasteiger partial charge in [0.1, 0.15) is 5.56 Å². The number of carbonyl (C=O) groups is 3. The number of benzene rings is 2. The minimum atomic E-state index is -0.888. The van der Waals surface area contributed by atoms with Gasteiger partial charge in [-0.2, -0.15) is 5.01 Å². The van der Waals surface area contributed by atoms with Crippen molar-refractivity contribution in [2.75, 3.05) is 0 Å². The molecule has 11 nitrogen and oxygen atoms in total. The van der Waals surface area contributed by atoms with Crippen molar-refractivity contribution in [1.29, 1.82) is 0 Å². The summed E-state index contributed by atoms with van der Waals surface area (Å²) in [6.45, 7) is -0.287. The van der Waals surface area contributed by atoms with Crippen LogP contribution >= 0.6 is 31.9 Å². The smallest absolute Gasteiger partial charge is 0.272 e. The minimum absolute atomic E-state index is 0.00511. The van der Waals surface area contributed by atoms with Crippen LogP contribution in [0.25, 0.3) is 0 Å². The molecule has 3 aliphatic rings. The molecule has 3 amide bonds. The first kappa shape index (κ1) is 24.5. The van der Waals surface area contributed by atoms with Gasteiger partial charge in [-0.05, 0) is 29.9 Å². The van der Waals surface area contributed by atoms with Gasteiger partial charge in [-0.1, -0.05) is 56.1 Å². The second-order valence-electron chi connectivity index (χ2n) is 9.05. The zero-order valence-electron chi connectivity index (χ0n) is 18.4. The molecule has 13 heteroatoms. The average molecular weight is 622 g/mol. The molecule has 2 saturated carbocycles. The first-order chi connectivity index (χ1) is 17.1. The fraction of sp³-hybridized carbons (Fsp3) is 0.348. The predicted molar refractivity (Wildman–Crippen MR) is 132 cm³/mol. The monoisotopic (exact) mass is 620 g/mol. The molecule has 5 rings (SSSR count). The summed E-state index contributed by atoms with van der Waals surface area (Å²) in [5.41, 5.74) is -0.496. The van der Waals surface area contributed by atoms with Crippen LogP contribution in [0.1, 0.15) is 22.3 Å². The van der Waals surface area contributed by atoms with Crippen LogP contribution in [0.4, 0.5) is 11.4 Å². The van der Waals surface area contributed by atoms with Crippen LogP contribution in [-0.2, 0) is 16.1 Å². The number of alkyl halides is 2. The summed E-state index contributed by atoms with van der Waals surface area (Å²) in [6.07, 6.45) is 0.701. The number of imide groups is 1. The summed E-state index contributed by atoms with van der Waals surface area (Å²) in [7, 11) is 0. The fourth-order valence-corrected chi connectivity index (χ4v) is 7.53. The molecule has 0 N–H and O–H groups in total. The van der Waals surface area contributed by atoms with Crippen LogP contribution in [0.2, 0.25) is 0 Å². The van der Waals surface area contributed by atoms with Crippen molar-refractivity contribution in [3.05, 3.63) is 79.9 Å². The van der Waals surface area contributed by atoms with E-state index in [0.29, 0.717) is 12.0 Å². The zero-order valence-corrected chi connectivity index (χ0v) is 21.6. The van der Waals surface area contributed by atoms with Crippen LogP contribution in [0.15, 0.2) is 48.5 Å². The Morgan fingerprint density at radius 3 is 2.00 bits per heavy atom. The van der Waals surface area contributed by atoms with Crippen LogP contribution in [-0.4, -0.2) is 47.2 Å². The number of hydrogen-bond acceptors (Lipinski definition) is 7. The molecule has 0 spiro atoms. The molecule has 186 valence electrons. The Balaban J connectivity index is 1.55. The Bertz CT molecular complexity index is 1270. The molecular formula is C23H18Br2N4O7. The normalized spacial score (nSPS) is 28.3. The Hall–Kier alpha value is -3.19. The van der Waals surface area contributed by atoms with Gasteiger partial charge in [0, 0.05) is 27.9 Å². The molecule has 0 aromatic heterocycles. The Kier molecular flexibility index (Phi) is 6.15. The molecule has 2 aromatic rings. The van der Waals surface area contributed by atoms with Gasteiger partial charge in [-0.3, -0.25) is 34.6 Å². The number of amides is 3. The highest BCUT2D eigenvalue weighted by Gasteiger charge is 2.67. The van der Waals surface area contributed by atoms with Crippen molar-refractivity contribution in [3.63, 3.8) is 0 Å². The number of fused-ring (bicyclic) bond motifs is 5. The van der Waals surface area contributed by atoms with E-state index in [4.69, 9.17) is 0 Å². The van der Waals surface area contributed by atoms with E-state index in [1.54, 1.807) is 0 Å². The summed E-state index contributed by atoms with van der Waals surface area (Å²) in [5.74, 6) is -3.30. The van der Waals surface area contributed by atoms with E-state index in [0.717, 1.165) is 10.0 Å². The highest BCUT2D eigenvalue weighted by Crippen LogP contribution is 2.60. The molecule has 2 bridgehead atoms. The molecule has 3 fully saturated rings. The predicted octanol–water partition coefficient (Wildman–Crippen LogP) is 3.84. The van der Waals surface area contributed by atoms with Gasteiger partial charge in [0.05, 0.1) is 28.2 Å². The molecular weight excluding hydrogens is 604 g/mol. The summed E-state index contributed by atoms with van der Waals surface area (Å²) in [6, 6.07) is 10.6. The number of carbonyl (C=O) groups excluding carboxylic acids is 3. The van der Waals surface area contributed by atoms with E-state index in [1.807, 2.05) is 0 Å². The Morgan fingerprint density at radius 2 is 1.47 bits per heavy atom. The second kappa shape index (κ2) is 9.04. The van der Waals surface area contributed by atoms with Crippen LogP contribution in [0, 0.1) is 43.9 Å². The second-order valence-corrected chi connectivity index (χ2v) is 11.2. The number of hydrazine groups is 1. The molecule has 1 heterocycles. The number of halogens is 2. The van der Waals surface area contributed by atoms with E-state index in [-0.39, 0.29) is 39.3 Å². The van der Waals surface area contributed by atoms with Crippen molar-refractivity contribution in [2.45, 2.75) is 22.6 Å². The van der Waals surface area contributed by atoms with Gasteiger partial charge < -0.3 is 0 Å². The number of hydrogen-bond donors (Lipinski definition) is 0. The van der Waals surface area contributed by atoms with E-state index in [2.05, 4.69) is 31.9 Å². The largest absolute Gasteiger partial charge is 0.282 e. The van der Waals surface area contributed by atoms with E-state index < -0.39 is 45.1 Å². The number of nitrogens with zero attached hydrogens (tertiary/aromatic N) is 4. The number of nitro benzene ring substituents is 2. The summed E-state index contributed by atoms with van der Waals surface area (Å²) < 4.78 is 0. The molecule has 2 aromatic carbocycles. The first-order valence-electron chi connectivity index (χ1n) is 11.1. The molecule has 2 aliphatic carbocycles. The van der Waals surface area contributed by atoms with Gasteiger partial charge in [-0.15, -0.1) is 0 Å². The highest BCUT2D eigenvalue weighted by molar-refractivity contribution is 9.12. The lowest BCUT2D eigenvalue weighted by Crippen LogP contribution is -2.50. The third-order valence-electron chi connectivity index (χ3n) is 7.25. The van der Waals surface area contributed by atoms with Crippen molar-refractivity contribution in [3.8, 4) is 0 Å².